The molecule has 0 spiro atoms. The van der Waals surface area contributed by atoms with Gasteiger partial charge in [-0.15, -0.1) is 0 Å². The van der Waals surface area contributed by atoms with E-state index in [0.717, 1.165) is 30.8 Å². The summed E-state index contributed by atoms with van der Waals surface area (Å²) < 4.78 is 0. The number of hydrogen-bond donors (Lipinski definition) is 1. The van der Waals surface area contributed by atoms with Gasteiger partial charge in [0.1, 0.15) is 6.04 Å². The molecule has 6 heteroatoms. The SMILES string of the molecule is N#Cc1ccc(CN2CCN(C(=O)[C@H](Cc3ccccc3)NC(=O)c3ccccc3)CC2)cc1. The van der Waals surface area contributed by atoms with Crippen molar-refractivity contribution in [3.05, 3.63) is 107 Å². The van der Waals surface area contributed by atoms with E-state index in [4.69, 9.17) is 5.26 Å². The van der Waals surface area contributed by atoms with E-state index in [1.54, 1.807) is 12.1 Å². The summed E-state index contributed by atoms with van der Waals surface area (Å²) in [6, 6.07) is 27.9. The highest BCUT2D eigenvalue weighted by atomic mass is 16.2. The number of nitrogens with one attached hydrogen (secondary N) is 1. The summed E-state index contributed by atoms with van der Waals surface area (Å²) in [6.45, 7) is 3.53. The minimum atomic E-state index is -0.625. The molecule has 0 aliphatic carbocycles. The second-order valence-corrected chi connectivity index (χ2v) is 8.49. The van der Waals surface area contributed by atoms with Crippen LogP contribution in [-0.2, 0) is 17.8 Å². The van der Waals surface area contributed by atoms with Gasteiger partial charge in [-0.25, -0.2) is 0 Å². The fourth-order valence-electron chi connectivity index (χ4n) is 4.17. The number of carbonyl (C=O) groups excluding carboxylic acids is 2. The lowest BCUT2D eigenvalue weighted by molar-refractivity contribution is -0.135. The minimum Gasteiger partial charge on any atom is -0.340 e. The highest BCUT2D eigenvalue weighted by Crippen LogP contribution is 2.13. The van der Waals surface area contributed by atoms with Crippen molar-refractivity contribution in [3.63, 3.8) is 0 Å². The van der Waals surface area contributed by atoms with Crippen LogP contribution in [-0.4, -0.2) is 53.8 Å². The van der Waals surface area contributed by atoms with Gasteiger partial charge in [0.05, 0.1) is 11.6 Å². The molecular weight excluding hydrogens is 424 g/mol. The summed E-state index contributed by atoms with van der Waals surface area (Å²) in [4.78, 5) is 30.5. The van der Waals surface area contributed by atoms with Crippen molar-refractivity contribution in [1.82, 2.24) is 15.1 Å². The molecule has 1 aliphatic heterocycles. The van der Waals surface area contributed by atoms with Gasteiger partial charge in [0.15, 0.2) is 0 Å². The van der Waals surface area contributed by atoms with Gasteiger partial charge in [0.25, 0.3) is 5.91 Å². The highest BCUT2D eigenvalue weighted by Gasteiger charge is 2.29. The number of benzene rings is 3. The standard InChI is InChI=1S/C28H28N4O2/c29-20-23-11-13-24(14-12-23)21-31-15-17-32(18-16-31)28(34)26(19-22-7-3-1-4-8-22)30-27(33)25-9-5-2-6-10-25/h1-14,26H,15-19,21H2,(H,30,33)/t26-/m0/s1. The van der Waals surface area contributed by atoms with Crippen LogP contribution in [0.2, 0.25) is 0 Å². The van der Waals surface area contributed by atoms with E-state index >= 15 is 0 Å². The highest BCUT2D eigenvalue weighted by molar-refractivity contribution is 5.97. The molecule has 1 fully saturated rings. The third-order valence-corrected chi connectivity index (χ3v) is 6.10. The molecule has 1 saturated heterocycles. The Morgan fingerprint density at radius 3 is 2.06 bits per heavy atom. The van der Waals surface area contributed by atoms with E-state index < -0.39 is 6.04 Å². The Morgan fingerprint density at radius 1 is 0.824 bits per heavy atom. The molecule has 2 amide bonds. The second kappa shape index (κ2) is 11.3. The molecule has 3 aromatic carbocycles. The van der Waals surface area contributed by atoms with Crippen molar-refractivity contribution in [3.8, 4) is 6.07 Å². The van der Waals surface area contributed by atoms with Crippen molar-refractivity contribution in [1.29, 1.82) is 5.26 Å². The maximum Gasteiger partial charge on any atom is 0.251 e. The molecule has 3 aromatic rings. The summed E-state index contributed by atoms with van der Waals surface area (Å²) in [5.41, 5.74) is 3.35. The molecule has 172 valence electrons. The van der Waals surface area contributed by atoms with Crippen molar-refractivity contribution >= 4 is 11.8 Å². The number of hydrogen-bond acceptors (Lipinski definition) is 4. The zero-order chi connectivity index (χ0) is 23.8. The van der Waals surface area contributed by atoms with Crippen LogP contribution in [0.1, 0.15) is 27.0 Å². The molecule has 0 saturated carbocycles. The van der Waals surface area contributed by atoms with Crippen LogP contribution in [0.5, 0.6) is 0 Å². The Balaban J connectivity index is 1.39. The minimum absolute atomic E-state index is 0.0499. The number of nitrogens with zero attached hydrogens (tertiary/aromatic N) is 3. The summed E-state index contributed by atoms with van der Waals surface area (Å²) >= 11 is 0. The number of carbonyl (C=O) groups is 2. The second-order valence-electron chi connectivity index (χ2n) is 8.49. The van der Waals surface area contributed by atoms with E-state index in [0.29, 0.717) is 30.6 Å². The van der Waals surface area contributed by atoms with Crippen molar-refractivity contribution in [2.24, 2.45) is 0 Å². The summed E-state index contributed by atoms with van der Waals surface area (Å²) in [5, 5.41) is 11.9. The molecular formula is C28H28N4O2. The zero-order valence-electron chi connectivity index (χ0n) is 19.1. The quantitative estimate of drug-likeness (QED) is 0.597. The summed E-state index contributed by atoms with van der Waals surface area (Å²) in [7, 11) is 0. The number of amides is 2. The van der Waals surface area contributed by atoms with Crippen LogP contribution in [0.4, 0.5) is 0 Å². The molecule has 1 aliphatic rings. The van der Waals surface area contributed by atoms with Crippen LogP contribution in [0, 0.1) is 11.3 Å². The van der Waals surface area contributed by atoms with Crippen LogP contribution >= 0.6 is 0 Å². The average molecular weight is 453 g/mol. The lowest BCUT2D eigenvalue weighted by atomic mass is 10.0. The van der Waals surface area contributed by atoms with Gasteiger partial charge in [-0.2, -0.15) is 5.26 Å². The average Bonchev–Trinajstić information content (AvgIpc) is 2.90. The molecule has 0 radical (unpaired) electrons. The predicted molar refractivity (Wildman–Crippen MR) is 131 cm³/mol. The normalized spacial score (nSPS) is 14.7. The first-order chi connectivity index (χ1) is 16.6. The maximum atomic E-state index is 13.5. The molecule has 6 nitrogen and oxygen atoms in total. The van der Waals surface area contributed by atoms with Crippen LogP contribution in [0.15, 0.2) is 84.9 Å². The van der Waals surface area contributed by atoms with Crippen LogP contribution < -0.4 is 5.32 Å². The Kier molecular flexibility index (Phi) is 7.69. The Morgan fingerprint density at radius 2 is 1.44 bits per heavy atom. The maximum absolute atomic E-state index is 13.5. The van der Waals surface area contributed by atoms with Crippen LogP contribution in [0.25, 0.3) is 0 Å². The van der Waals surface area contributed by atoms with Gasteiger partial charge in [-0.3, -0.25) is 14.5 Å². The molecule has 1 N–H and O–H groups in total. The van der Waals surface area contributed by atoms with Gasteiger partial charge in [0.2, 0.25) is 5.91 Å². The van der Waals surface area contributed by atoms with Crippen molar-refractivity contribution in [2.45, 2.75) is 19.0 Å². The lowest BCUT2D eigenvalue weighted by Gasteiger charge is -2.36. The first-order valence-corrected chi connectivity index (χ1v) is 11.5. The lowest BCUT2D eigenvalue weighted by Crippen LogP contribution is -2.55. The van der Waals surface area contributed by atoms with Crippen molar-refractivity contribution < 1.29 is 9.59 Å². The molecule has 0 bridgehead atoms. The Labute approximate surface area is 200 Å². The first-order valence-electron chi connectivity index (χ1n) is 11.5. The van der Waals surface area contributed by atoms with E-state index in [-0.39, 0.29) is 11.8 Å². The molecule has 1 heterocycles. The third-order valence-electron chi connectivity index (χ3n) is 6.10. The van der Waals surface area contributed by atoms with E-state index in [1.807, 2.05) is 77.7 Å². The number of rotatable bonds is 7. The van der Waals surface area contributed by atoms with Gasteiger partial charge < -0.3 is 10.2 Å². The Hall–Kier alpha value is -3.95. The topological polar surface area (TPSA) is 76.4 Å². The molecule has 0 aromatic heterocycles. The molecule has 34 heavy (non-hydrogen) atoms. The third kappa shape index (κ3) is 6.09. The first kappa shape index (κ1) is 23.2. The fraction of sp³-hybridized carbons (Fsp3) is 0.250. The predicted octanol–water partition coefficient (Wildman–Crippen LogP) is 3.24. The molecule has 4 rings (SSSR count). The van der Waals surface area contributed by atoms with Gasteiger partial charge in [-0.1, -0.05) is 60.7 Å². The fourth-order valence-corrected chi connectivity index (χ4v) is 4.17. The molecule has 0 unspecified atom stereocenters. The monoisotopic (exact) mass is 452 g/mol. The van der Waals surface area contributed by atoms with Crippen LogP contribution in [0.3, 0.4) is 0 Å². The molecule has 1 atom stereocenters. The Bertz CT molecular complexity index is 1130. The summed E-state index contributed by atoms with van der Waals surface area (Å²) in [5.74, 6) is -0.291. The number of piperazine rings is 1. The largest absolute Gasteiger partial charge is 0.340 e. The smallest absolute Gasteiger partial charge is 0.251 e. The van der Waals surface area contributed by atoms with E-state index in [2.05, 4.69) is 16.3 Å². The van der Waals surface area contributed by atoms with Gasteiger partial charge in [-0.05, 0) is 35.4 Å². The van der Waals surface area contributed by atoms with Gasteiger partial charge >= 0.3 is 0 Å². The number of nitriles is 1. The van der Waals surface area contributed by atoms with E-state index in [1.165, 1.54) is 0 Å². The van der Waals surface area contributed by atoms with E-state index in [9.17, 15) is 9.59 Å². The zero-order valence-corrected chi connectivity index (χ0v) is 19.1. The van der Waals surface area contributed by atoms with Gasteiger partial charge in [0, 0.05) is 44.7 Å². The van der Waals surface area contributed by atoms with Crippen molar-refractivity contribution in [2.75, 3.05) is 26.2 Å². The summed E-state index contributed by atoms with van der Waals surface area (Å²) in [6.07, 6.45) is 0.448.